The van der Waals surface area contributed by atoms with E-state index >= 15 is 0 Å². The number of benzene rings is 2. The molecule has 2 unspecified atom stereocenters. The molecule has 2 atom stereocenters. The van der Waals surface area contributed by atoms with Gasteiger partial charge in [-0.25, -0.2) is 0 Å². The molecule has 4 heteroatoms. The number of hydrogen-bond acceptors (Lipinski definition) is 3. The van der Waals surface area contributed by atoms with Crippen LogP contribution in [0.2, 0.25) is 0 Å². The van der Waals surface area contributed by atoms with Gasteiger partial charge in [-0.1, -0.05) is 42.5 Å². The molecule has 0 heterocycles. The summed E-state index contributed by atoms with van der Waals surface area (Å²) in [5.74, 6) is 0.141. The summed E-state index contributed by atoms with van der Waals surface area (Å²) in [6.45, 7) is 0. The number of aryl methyl sites for hydroxylation is 1. The minimum atomic E-state index is -0.455. The van der Waals surface area contributed by atoms with Gasteiger partial charge in [-0.2, -0.15) is 0 Å². The standard InChI is InChI=1S/C17H17NO3/c19-17-14(11-13-6-1-3-7-15(13)17)10-9-12-5-2-4-8-16(12)18(20)21/h1-8,14,17,19H,9-11H2. The Balaban J connectivity index is 1.72. The van der Waals surface area contributed by atoms with E-state index in [1.165, 1.54) is 11.6 Å². The molecule has 0 fully saturated rings. The van der Waals surface area contributed by atoms with E-state index in [9.17, 15) is 15.2 Å². The third kappa shape index (κ3) is 2.67. The van der Waals surface area contributed by atoms with Crippen molar-refractivity contribution in [3.63, 3.8) is 0 Å². The van der Waals surface area contributed by atoms with Crippen molar-refractivity contribution < 1.29 is 10.0 Å². The maximum absolute atomic E-state index is 11.0. The molecule has 4 nitrogen and oxygen atoms in total. The Morgan fingerprint density at radius 3 is 2.62 bits per heavy atom. The summed E-state index contributed by atoms with van der Waals surface area (Å²) in [6, 6.07) is 14.8. The van der Waals surface area contributed by atoms with Gasteiger partial charge in [0.05, 0.1) is 11.0 Å². The molecule has 0 spiro atoms. The van der Waals surface area contributed by atoms with Crippen molar-refractivity contribution in [1.29, 1.82) is 0 Å². The highest BCUT2D eigenvalue weighted by Crippen LogP contribution is 2.38. The number of hydrogen-bond donors (Lipinski definition) is 1. The smallest absolute Gasteiger partial charge is 0.272 e. The number of nitro benzene ring substituents is 1. The zero-order chi connectivity index (χ0) is 14.8. The largest absolute Gasteiger partial charge is 0.388 e. The minimum absolute atomic E-state index is 0.141. The SMILES string of the molecule is O=[N+]([O-])c1ccccc1CCC1Cc2ccccc2C1O. The van der Waals surface area contributed by atoms with Crippen molar-refractivity contribution >= 4 is 5.69 Å². The van der Waals surface area contributed by atoms with Crippen LogP contribution in [0.15, 0.2) is 48.5 Å². The lowest BCUT2D eigenvalue weighted by Gasteiger charge is -2.14. The molecule has 2 aromatic carbocycles. The third-order valence-corrected chi connectivity index (χ3v) is 4.28. The van der Waals surface area contributed by atoms with Gasteiger partial charge in [0.15, 0.2) is 0 Å². The number of fused-ring (bicyclic) bond motifs is 1. The minimum Gasteiger partial charge on any atom is -0.388 e. The van der Waals surface area contributed by atoms with Crippen molar-refractivity contribution in [2.24, 2.45) is 5.92 Å². The molecule has 0 saturated carbocycles. The van der Waals surface area contributed by atoms with Crippen LogP contribution in [0.4, 0.5) is 5.69 Å². The second-order valence-electron chi connectivity index (χ2n) is 5.53. The molecule has 0 amide bonds. The second kappa shape index (κ2) is 5.66. The van der Waals surface area contributed by atoms with Crippen molar-refractivity contribution in [3.8, 4) is 0 Å². The van der Waals surface area contributed by atoms with Crippen LogP contribution in [0.25, 0.3) is 0 Å². The maximum Gasteiger partial charge on any atom is 0.272 e. The number of nitro groups is 1. The first-order valence-corrected chi connectivity index (χ1v) is 7.15. The van der Waals surface area contributed by atoms with Gasteiger partial charge >= 0.3 is 0 Å². The van der Waals surface area contributed by atoms with Gasteiger partial charge in [0.1, 0.15) is 0 Å². The Morgan fingerprint density at radius 2 is 1.86 bits per heavy atom. The van der Waals surface area contributed by atoms with Crippen LogP contribution in [0.3, 0.4) is 0 Å². The third-order valence-electron chi connectivity index (χ3n) is 4.28. The molecular formula is C17H17NO3. The molecule has 1 aliphatic rings. The van der Waals surface area contributed by atoms with E-state index in [0.29, 0.717) is 6.42 Å². The molecule has 21 heavy (non-hydrogen) atoms. The first-order chi connectivity index (χ1) is 10.2. The number of rotatable bonds is 4. The van der Waals surface area contributed by atoms with Gasteiger partial charge in [0, 0.05) is 11.6 Å². The van der Waals surface area contributed by atoms with Gasteiger partial charge in [0.2, 0.25) is 0 Å². The van der Waals surface area contributed by atoms with E-state index in [-0.39, 0.29) is 16.5 Å². The first-order valence-electron chi connectivity index (χ1n) is 7.15. The number of aliphatic hydroxyl groups is 1. The van der Waals surface area contributed by atoms with Crippen LogP contribution in [-0.2, 0) is 12.8 Å². The van der Waals surface area contributed by atoms with Gasteiger partial charge < -0.3 is 5.11 Å². The Morgan fingerprint density at radius 1 is 1.14 bits per heavy atom. The van der Waals surface area contributed by atoms with Crippen LogP contribution in [0.5, 0.6) is 0 Å². The summed E-state index contributed by atoms with van der Waals surface area (Å²) in [6.07, 6.45) is 1.76. The quantitative estimate of drug-likeness (QED) is 0.690. The Kier molecular flexibility index (Phi) is 3.71. The first kappa shape index (κ1) is 13.8. The van der Waals surface area contributed by atoms with Crippen LogP contribution in [-0.4, -0.2) is 10.0 Å². The number of para-hydroxylation sites is 1. The molecule has 1 N–H and O–H groups in total. The second-order valence-corrected chi connectivity index (χ2v) is 5.53. The van der Waals surface area contributed by atoms with Gasteiger partial charge in [-0.05, 0) is 36.3 Å². The summed E-state index contributed by atoms with van der Waals surface area (Å²) >= 11 is 0. The highest BCUT2D eigenvalue weighted by atomic mass is 16.6. The van der Waals surface area contributed by atoms with Crippen molar-refractivity contribution in [1.82, 2.24) is 0 Å². The summed E-state index contributed by atoms with van der Waals surface area (Å²) in [4.78, 5) is 10.7. The zero-order valence-corrected chi connectivity index (χ0v) is 11.6. The summed E-state index contributed by atoms with van der Waals surface area (Å²) in [7, 11) is 0. The van der Waals surface area contributed by atoms with Gasteiger partial charge in [-0.15, -0.1) is 0 Å². The predicted octanol–water partition coefficient (Wildman–Crippen LogP) is 3.43. The average Bonchev–Trinajstić information content (AvgIpc) is 2.82. The topological polar surface area (TPSA) is 63.4 Å². The number of nitrogens with zero attached hydrogens (tertiary/aromatic N) is 1. The number of aliphatic hydroxyl groups excluding tert-OH is 1. The zero-order valence-electron chi connectivity index (χ0n) is 11.6. The molecule has 0 bridgehead atoms. The lowest BCUT2D eigenvalue weighted by Crippen LogP contribution is -2.09. The monoisotopic (exact) mass is 283 g/mol. The molecule has 0 aromatic heterocycles. The van der Waals surface area contributed by atoms with Gasteiger partial charge in [0.25, 0.3) is 5.69 Å². The molecule has 0 radical (unpaired) electrons. The van der Waals surface area contributed by atoms with Crippen molar-refractivity contribution in [2.45, 2.75) is 25.4 Å². The Bertz CT molecular complexity index is 669. The molecule has 2 aromatic rings. The van der Waals surface area contributed by atoms with Crippen molar-refractivity contribution in [3.05, 3.63) is 75.3 Å². The lowest BCUT2D eigenvalue weighted by molar-refractivity contribution is -0.385. The highest BCUT2D eigenvalue weighted by molar-refractivity contribution is 5.40. The fraction of sp³-hybridized carbons (Fsp3) is 0.294. The van der Waals surface area contributed by atoms with Gasteiger partial charge in [-0.3, -0.25) is 10.1 Å². The van der Waals surface area contributed by atoms with E-state index in [0.717, 1.165) is 24.0 Å². The maximum atomic E-state index is 11.0. The fourth-order valence-corrected chi connectivity index (χ4v) is 3.16. The fourth-order valence-electron chi connectivity index (χ4n) is 3.16. The summed E-state index contributed by atoms with van der Waals surface area (Å²) in [5, 5.41) is 21.4. The highest BCUT2D eigenvalue weighted by Gasteiger charge is 2.30. The van der Waals surface area contributed by atoms with E-state index < -0.39 is 6.10 Å². The van der Waals surface area contributed by atoms with Crippen LogP contribution in [0.1, 0.15) is 29.2 Å². The molecular weight excluding hydrogens is 266 g/mol. The van der Waals surface area contributed by atoms with E-state index in [1.54, 1.807) is 12.1 Å². The van der Waals surface area contributed by atoms with E-state index in [2.05, 4.69) is 0 Å². The Hall–Kier alpha value is -2.20. The van der Waals surface area contributed by atoms with Crippen LogP contribution >= 0.6 is 0 Å². The Labute approximate surface area is 123 Å². The molecule has 0 saturated heterocycles. The molecule has 108 valence electrons. The average molecular weight is 283 g/mol. The molecule has 3 rings (SSSR count). The lowest BCUT2D eigenvalue weighted by atomic mass is 9.94. The van der Waals surface area contributed by atoms with Crippen molar-refractivity contribution in [2.75, 3.05) is 0 Å². The molecule has 1 aliphatic carbocycles. The molecule has 0 aliphatic heterocycles. The normalized spacial score (nSPS) is 20.2. The summed E-state index contributed by atoms with van der Waals surface area (Å²) in [5.41, 5.74) is 3.11. The van der Waals surface area contributed by atoms with E-state index in [1.807, 2.05) is 30.3 Å². The van der Waals surface area contributed by atoms with Crippen LogP contribution in [0, 0.1) is 16.0 Å². The predicted molar refractivity (Wildman–Crippen MR) is 80.0 cm³/mol. The van der Waals surface area contributed by atoms with Crippen LogP contribution < -0.4 is 0 Å². The van der Waals surface area contributed by atoms with E-state index in [4.69, 9.17) is 0 Å². The summed E-state index contributed by atoms with van der Waals surface area (Å²) < 4.78 is 0.